The standard InChI is InChI=1S/C7H8N4O2/c8-6(12)5-1-2-11(7(9)13)4-10-3-5/h1-4H,(H2,8,12)(H2,9,13). The van der Waals surface area contributed by atoms with Crippen molar-refractivity contribution < 1.29 is 9.59 Å². The van der Waals surface area contributed by atoms with E-state index in [0.717, 1.165) is 4.90 Å². The quantitative estimate of drug-likeness (QED) is 0.556. The lowest BCUT2D eigenvalue weighted by molar-refractivity contribution is -0.114. The molecule has 3 amide bonds. The van der Waals surface area contributed by atoms with Crippen molar-refractivity contribution in [2.45, 2.75) is 0 Å². The molecule has 6 nitrogen and oxygen atoms in total. The highest BCUT2D eigenvalue weighted by Crippen LogP contribution is 2.01. The van der Waals surface area contributed by atoms with E-state index >= 15 is 0 Å². The molecule has 4 N–H and O–H groups in total. The molecule has 1 aliphatic rings. The molecule has 0 aromatic heterocycles. The summed E-state index contributed by atoms with van der Waals surface area (Å²) in [5.74, 6) is -0.611. The van der Waals surface area contributed by atoms with Gasteiger partial charge in [0.15, 0.2) is 0 Å². The number of amides is 3. The van der Waals surface area contributed by atoms with Gasteiger partial charge in [-0.3, -0.25) is 9.69 Å². The first kappa shape index (κ1) is 8.98. The molecule has 0 fully saturated rings. The highest BCUT2D eigenvalue weighted by Gasteiger charge is 2.07. The molecule has 6 heteroatoms. The third kappa shape index (κ3) is 2.16. The monoisotopic (exact) mass is 180 g/mol. The van der Waals surface area contributed by atoms with E-state index in [2.05, 4.69) is 4.99 Å². The van der Waals surface area contributed by atoms with Crippen LogP contribution >= 0.6 is 0 Å². The molecule has 0 aromatic carbocycles. The van der Waals surface area contributed by atoms with E-state index in [4.69, 9.17) is 11.5 Å². The smallest absolute Gasteiger partial charge is 0.324 e. The van der Waals surface area contributed by atoms with Crippen molar-refractivity contribution in [2.24, 2.45) is 16.5 Å². The van der Waals surface area contributed by atoms with Gasteiger partial charge in [0.2, 0.25) is 5.91 Å². The molecular formula is C7H8N4O2. The Kier molecular flexibility index (Phi) is 2.44. The predicted molar refractivity (Wildman–Crippen MR) is 46.3 cm³/mol. The minimum Gasteiger partial charge on any atom is -0.366 e. The molecule has 1 heterocycles. The second-order valence-electron chi connectivity index (χ2n) is 2.27. The van der Waals surface area contributed by atoms with E-state index in [1.165, 1.54) is 24.8 Å². The van der Waals surface area contributed by atoms with Crippen LogP contribution in [0.2, 0.25) is 0 Å². The van der Waals surface area contributed by atoms with Gasteiger partial charge < -0.3 is 11.5 Å². The number of nitrogens with zero attached hydrogens (tertiary/aromatic N) is 2. The molecule has 0 aliphatic carbocycles. The third-order valence-electron chi connectivity index (χ3n) is 1.36. The van der Waals surface area contributed by atoms with Crippen molar-refractivity contribution in [3.8, 4) is 0 Å². The van der Waals surface area contributed by atoms with Gasteiger partial charge in [0.25, 0.3) is 0 Å². The third-order valence-corrected chi connectivity index (χ3v) is 1.36. The van der Waals surface area contributed by atoms with Crippen LogP contribution in [0, 0.1) is 0 Å². The summed E-state index contributed by atoms with van der Waals surface area (Å²) in [6.07, 6.45) is 5.12. The Labute approximate surface area is 74.2 Å². The molecule has 1 aliphatic heterocycles. The number of nitrogens with two attached hydrogens (primary N) is 2. The number of carbonyl (C=O) groups is 2. The van der Waals surface area contributed by atoms with Crippen LogP contribution in [0.3, 0.4) is 0 Å². The van der Waals surface area contributed by atoms with Gasteiger partial charge in [-0.05, 0) is 6.08 Å². The second-order valence-corrected chi connectivity index (χ2v) is 2.27. The lowest BCUT2D eigenvalue weighted by Gasteiger charge is -2.05. The fraction of sp³-hybridized carbons (Fsp3) is 0. The first-order valence-corrected chi connectivity index (χ1v) is 3.40. The Morgan fingerprint density at radius 1 is 1.38 bits per heavy atom. The molecule has 0 aromatic rings. The lowest BCUT2D eigenvalue weighted by atomic mass is 10.3. The molecule has 68 valence electrons. The zero-order valence-electron chi connectivity index (χ0n) is 6.68. The number of aliphatic imine (C=N–C) groups is 1. The van der Waals surface area contributed by atoms with Crippen LogP contribution in [0.5, 0.6) is 0 Å². The molecule has 0 radical (unpaired) electrons. The van der Waals surface area contributed by atoms with Gasteiger partial charge in [0.1, 0.15) is 6.34 Å². The maximum atomic E-state index is 10.7. The molecule has 0 bridgehead atoms. The summed E-state index contributed by atoms with van der Waals surface area (Å²) in [5.41, 5.74) is 10.2. The number of hydrogen-bond acceptors (Lipinski definition) is 3. The van der Waals surface area contributed by atoms with Crippen LogP contribution in [0.4, 0.5) is 4.79 Å². The predicted octanol–water partition coefficient (Wildman–Crippen LogP) is -0.708. The average Bonchev–Trinajstić information content (AvgIpc) is 2.27. The van der Waals surface area contributed by atoms with Gasteiger partial charge in [-0.2, -0.15) is 0 Å². The number of hydrogen-bond donors (Lipinski definition) is 2. The summed E-state index contributed by atoms with van der Waals surface area (Å²) >= 11 is 0. The molecule has 0 saturated heterocycles. The molecule has 0 saturated carbocycles. The average molecular weight is 180 g/mol. The Morgan fingerprint density at radius 3 is 2.62 bits per heavy atom. The largest absolute Gasteiger partial charge is 0.366 e. The Balaban J connectivity index is 2.86. The Hall–Kier alpha value is -2.11. The summed E-state index contributed by atoms with van der Waals surface area (Å²) in [6.45, 7) is 0. The van der Waals surface area contributed by atoms with Crippen molar-refractivity contribution in [2.75, 3.05) is 0 Å². The minimum atomic E-state index is -0.681. The summed E-state index contributed by atoms with van der Waals surface area (Å²) in [6, 6.07) is -0.681. The van der Waals surface area contributed by atoms with E-state index in [0.29, 0.717) is 0 Å². The van der Waals surface area contributed by atoms with E-state index in [-0.39, 0.29) is 5.57 Å². The lowest BCUT2D eigenvalue weighted by Crippen LogP contribution is -2.29. The van der Waals surface area contributed by atoms with Crippen LogP contribution in [-0.2, 0) is 4.79 Å². The summed E-state index contributed by atoms with van der Waals surface area (Å²) in [7, 11) is 0. The summed E-state index contributed by atoms with van der Waals surface area (Å²) in [4.78, 5) is 26.0. The highest BCUT2D eigenvalue weighted by molar-refractivity contribution is 5.96. The van der Waals surface area contributed by atoms with Crippen molar-refractivity contribution in [3.63, 3.8) is 0 Å². The molecular weight excluding hydrogens is 172 g/mol. The fourth-order valence-corrected chi connectivity index (χ4v) is 0.704. The number of urea groups is 1. The van der Waals surface area contributed by atoms with E-state index in [1.54, 1.807) is 0 Å². The maximum Gasteiger partial charge on any atom is 0.324 e. The van der Waals surface area contributed by atoms with Crippen molar-refractivity contribution in [3.05, 3.63) is 24.0 Å². The maximum absolute atomic E-state index is 10.7. The molecule has 0 unspecified atom stereocenters. The second kappa shape index (κ2) is 3.53. The number of primary amides is 2. The van der Waals surface area contributed by atoms with Gasteiger partial charge in [0.05, 0.1) is 5.57 Å². The van der Waals surface area contributed by atoms with Crippen molar-refractivity contribution in [1.82, 2.24) is 4.90 Å². The first-order valence-electron chi connectivity index (χ1n) is 3.40. The van der Waals surface area contributed by atoms with Crippen LogP contribution in [0.1, 0.15) is 0 Å². The molecule has 1 rings (SSSR count). The van der Waals surface area contributed by atoms with Crippen LogP contribution in [-0.4, -0.2) is 23.2 Å². The zero-order valence-corrected chi connectivity index (χ0v) is 6.68. The summed E-state index contributed by atoms with van der Waals surface area (Å²) < 4.78 is 0. The van der Waals surface area contributed by atoms with Gasteiger partial charge in [0, 0.05) is 12.4 Å². The molecule has 0 spiro atoms. The van der Waals surface area contributed by atoms with Crippen LogP contribution < -0.4 is 11.5 Å². The number of rotatable bonds is 1. The van der Waals surface area contributed by atoms with Gasteiger partial charge in [-0.1, -0.05) is 0 Å². The fourth-order valence-electron chi connectivity index (χ4n) is 0.704. The van der Waals surface area contributed by atoms with Crippen LogP contribution in [0.15, 0.2) is 29.0 Å². The Morgan fingerprint density at radius 2 is 2.08 bits per heavy atom. The molecule has 0 atom stereocenters. The summed E-state index contributed by atoms with van der Waals surface area (Å²) in [5, 5.41) is 0. The first-order chi connectivity index (χ1) is 6.11. The van der Waals surface area contributed by atoms with E-state index in [9.17, 15) is 9.59 Å². The topological polar surface area (TPSA) is 102 Å². The van der Waals surface area contributed by atoms with Crippen LogP contribution in [0.25, 0.3) is 0 Å². The zero-order chi connectivity index (χ0) is 9.84. The minimum absolute atomic E-state index is 0.208. The van der Waals surface area contributed by atoms with E-state index < -0.39 is 11.9 Å². The Bertz CT molecular complexity index is 329. The van der Waals surface area contributed by atoms with E-state index in [1.807, 2.05) is 0 Å². The SMILES string of the molecule is NC(=O)C1=CN=CN(C(N)=O)C=C1. The van der Waals surface area contributed by atoms with Crippen molar-refractivity contribution in [1.29, 1.82) is 0 Å². The normalized spacial score (nSPS) is 15.1. The highest BCUT2D eigenvalue weighted by atomic mass is 16.2. The van der Waals surface area contributed by atoms with Gasteiger partial charge >= 0.3 is 6.03 Å². The van der Waals surface area contributed by atoms with Crippen molar-refractivity contribution >= 4 is 18.3 Å². The van der Waals surface area contributed by atoms with Gasteiger partial charge in [-0.15, -0.1) is 0 Å². The molecule has 13 heavy (non-hydrogen) atoms. The van der Waals surface area contributed by atoms with Gasteiger partial charge in [-0.25, -0.2) is 9.79 Å². The number of carbonyl (C=O) groups excluding carboxylic acids is 2.